The minimum Gasteiger partial charge on any atom is -0.350 e. The molecule has 0 saturated heterocycles. The van der Waals surface area contributed by atoms with Crippen LogP contribution in [0.1, 0.15) is 45.2 Å². The molecule has 1 aromatic carbocycles. The van der Waals surface area contributed by atoms with E-state index in [0.717, 1.165) is 5.69 Å². The SMILES string of the molecule is CC(C)(C)Nc1nc(Nc2ccc(Br)c(F)c2)cc(C2CC2)n1. The first kappa shape index (κ1) is 16.2. The average molecular weight is 379 g/mol. The van der Waals surface area contributed by atoms with E-state index >= 15 is 0 Å². The van der Waals surface area contributed by atoms with Crippen molar-refractivity contribution in [3.8, 4) is 0 Å². The third kappa shape index (κ3) is 4.41. The van der Waals surface area contributed by atoms with E-state index in [9.17, 15) is 4.39 Å². The maximum absolute atomic E-state index is 13.7. The highest BCUT2D eigenvalue weighted by Crippen LogP contribution is 2.40. The Morgan fingerprint density at radius 2 is 1.91 bits per heavy atom. The van der Waals surface area contributed by atoms with Crippen LogP contribution in [0.25, 0.3) is 0 Å². The van der Waals surface area contributed by atoms with Gasteiger partial charge in [-0.1, -0.05) is 0 Å². The molecular weight excluding hydrogens is 359 g/mol. The molecule has 1 fully saturated rings. The van der Waals surface area contributed by atoms with Gasteiger partial charge in [-0.3, -0.25) is 0 Å². The minimum atomic E-state index is -0.306. The monoisotopic (exact) mass is 378 g/mol. The highest BCUT2D eigenvalue weighted by Gasteiger charge is 2.26. The summed E-state index contributed by atoms with van der Waals surface area (Å²) in [7, 11) is 0. The maximum Gasteiger partial charge on any atom is 0.225 e. The molecule has 23 heavy (non-hydrogen) atoms. The molecule has 0 atom stereocenters. The van der Waals surface area contributed by atoms with Crippen LogP contribution in [-0.4, -0.2) is 15.5 Å². The first-order valence-corrected chi connectivity index (χ1v) is 8.49. The van der Waals surface area contributed by atoms with E-state index in [1.807, 2.05) is 12.1 Å². The van der Waals surface area contributed by atoms with Gasteiger partial charge in [0.15, 0.2) is 0 Å². The number of hydrogen-bond acceptors (Lipinski definition) is 4. The summed E-state index contributed by atoms with van der Waals surface area (Å²) in [6.45, 7) is 6.20. The highest BCUT2D eigenvalue weighted by molar-refractivity contribution is 9.10. The van der Waals surface area contributed by atoms with Crippen LogP contribution in [0, 0.1) is 5.82 Å². The lowest BCUT2D eigenvalue weighted by molar-refractivity contribution is 0.622. The number of nitrogens with zero attached hydrogens (tertiary/aromatic N) is 2. The summed E-state index contributed by atoms with van der Waals surface area (Å²) in [6.07, 6.45) is 2.33. The van der Waals surface area contributed by atoms with Gasteiger partial charge in [-0.05, 0) is 67.7 Å². The molecule has 0 bridgehead atoms. The molecule has 6 heteroatoms. The van der Waals surface area contributed by atoms with Crippen molar-refractivity contribution in [2.75, 3.05) is 10.6 Å². The Hall–Kier alpha value is -1.69. The Balaban J connectivity index is 1.89. The normalized spacial score (nSPS) is 14.7. The molecule has 2 aromatic rings. The highest BCUT2D eigenvalue weighted by atomic mass is 79.9. The number of nitrogens with one attached hydrogen (secondary N) is 2. The summed E-state index contributed by atoms with van der Waals surface area (Å²) in [4.78, 5) is 9.12. The number of aromatic nitrogens is 2. The maximum atomic E-state index is 13.7. The summed E-state index contributed by atoms with van der Waals surface area (Å²) in [5.41, 5.74) is 1.57. The number of anilines is 3. The number of benzene rings is 1. The van der Waals surface area contributed by atoms with Gasteiger partial charge in [0.05, 0.1) is 10.2 Å². The number of rotatable bonds is 4. The Bertz CT molecular complexity index is 723. The zero-order valence-electron chi connectivity index (χ0n) is 13.5. The van der Waals surface area contributed by atoms with Gasteiger partial charge in [0.25, 0.3) is 0 Å². The fourth-order valence-electron chi connectivity index (χ4n) is 2.23. The van der Waals surface area contributed by atoms with Crippen LogP contribution in [0.4, 0.5) is 21.8 Å². The summed E-state index contributed by atoms with van der Waals surface area (Å²) >= 11 is 3.16. The fraction of sp³-hybridized carbons (Fsp3) is 0.412. The van der Waals surface area contributed by atoms with Gasteiger partial charge >= 0.3 is 0 Å². The zero-order chi connectivity index (χ0) is 16.6. The lowest BCUT2D eigenvalue weighted by Gasteiger charge is -2.21. The third-order valence-electron chi connectivity index (χ3n) is 3.42. The standard InChI is InChI=1S/C17H20BrFN4/c1-17(2,3)23-16-21-14(10-4-5-10)9-15(22-16)20-11-6-7-12(18)13(19)8-11/h6-10H,4-5H2,1-3H3,(H2,20,21,22,23). The van der Waals surface area contributed by atoms with Gasteiger partial charge in [0.1, 0.15) is 11.6 Å². The van der Waals surface area contributed by atoms with Crippen molar-refractivity contribution in [3.05, 3.63) is 40.2 Å². The van der Waals surface area contributed by atoms with E-state index in [4.69, 9.17) is 0 Å². The van der Waals surface area contributed by atoms with Crippen molar-refractivity contribution in [2.45, 2.75) is 45.1 Å². The van der Waals surface area contributed by atoms with Gasteiger partial charge in [0, 0.05) is 23.2 Å². The summed E-state index contributed by atoms with van der Waals surface area (Å²) < 4.78 is 14.1. The Labute approximate surface area is 144 Å². The smallest absolute Gasteiger partial charge is 0.225 e. The lowest BCUT2D eigenvalue weighted by Crippen LogP contribution is -2.27. The quantitative estimate of drug-likeness (QED) is 0.766. The molecule has 1 heterocycles. The summed E-state index contributed by atoms with van der Waals surface area (Å²) in [5.74, 6) is 1.48. The van der Waals surface area contributed by atoms with Crippen LogP contribution in [0.5, 0.6) is 0 Å². The molecule has 2 N–H and O–H groups in total. The minimum absolute atomic E-state index is 0.122. The van der Waals surface area contributed by atoms with Crippen LogP contribution in [0.15, 0.2) is 28.7 Å². The number of halogens is 2. The molecule has 1 aliphatic carbocycles. The van der Waals surface area contributed by atoms with Crippen molar-refractivity contribution < 1.29 is 4.39 Å². The average Bonchev–Trinajstić information content (AvgIpc) is 3.25. The van der Waals surface area contributed by atoms with Crippen LogP contribution in [0.3, 0.4) is 0 Å². The van der Waals surface area contributed by atoms with E-state index in [1.54, 1.807) is 6.07 Å². The summed E-state index contributed by atoms with van der Waals surface area (Å²) in [6, 6.07) is 6.88. The molecule has 0 amide bonds. The second-order valence-electron chi connectivity index (χ2n) is 6.90. The van der Waals surface area contributed by atoms with Gasteiger partial charge in [0.2, 0.25) is 5.95 Å². The van der Waals surface area contributed by atoms with Crippen molar-refractivity contribution in [1.82, 2.24) is 9.97 Å². The van der Waals surface area contributed by atoms with E-state index in [-0.39, 0.29) is 11.4 Å². The van der Waals surface area contributed by atoms with E-state index in [1.165, 1.54) is 18.9 Å². The Kier molecular flexibility index (Phi) is 4.27. The van der Waals surface area contributed by atoms with Crippen LogP contribution < -0.4 is 10.6 Å². The fourth-order valence-corrected chi connectivity index (χ4v) is 2.48. The van der Waals surface area contributed by atoms with Gasteiger partial charge < -0.3 is 10.6 Å². The van der Waals surface area contributed by atoms with Crippen LogP contribution >= 0.6 is 15.9 Å². The van der Waals surface area contributed by atoms with E-state index in [0.29, 0.717) is 27.8 Å². The van der Waals surface area contributed by atoms with Gasteiger partial charge in [-0.25, -0.2) is 9.37 Å². The molecule has 0 radical (unpaired) electrons. The second-order valence-corrected chi connectivity index (χ2v) is 7.76. The first-order valence-electron chi connectivity index (χ1n) is 7.69. The Morgan fingerprint density at radius 1 is 1.17 bits per heavy atom. The van der Waals surface area contributed by atoms with Crippen molar-refractivity contribution >= 4 is 33.4 Å². The summed E-state index contributed by atoms with van der Waals surface area (Å²) in [5, 5.41) is 6.48. The van der Waals surface area contributed by atoms with Crippen molar-refractivity contribution in [3.63, 3.8) is 0 Å². The molecule has 4 nitrogen and oxygen atoms in total. The molecule has 1 aromatic heterocycles. The zero-order valence-corrected chi connectivity index (χ0v) is 15.0. The largest absolute Gasteiger partial charge is 0.350 e. The molecule has 122 valence electrons. The van der Waals surface area contributed by atoms with Crippen molar-refractivity contribution in [1.29, 1.82) is 0 Å². The van der Waals surface area contributed by atoms with Crippen LogP contribution in [0.2, 0.25) is 0 Å². The molecule has 0 aliphatic heterocycles. The van der Waals surface area contributed by atoms with Gasteiger partial charge in [-0.2, -0.15) is 4.98 Å². The van der Waals surface area contributed by atoms with Crippen LogP contribution in [-0.2, 0) is 0 Å². The second kappa shape index (κ2) is 6.07. The first-order chi connectivity index (χ1) is 10.8. The topological polar surface area (TPSA) is 49.8 Å². The van der Waals surface area contributed by atoms with E-state index in [2.05, 4.69) is 57.3 Å². The molecule has 0 unspecified atom stereocenters. The third-order valence-corrected chi connectivity index (χ3v) is 4.06. The van der Waals surface area contributed by atoms with Crippen molar-refractivity contribution in [2.24, 2.45) is 0 Å². The molecule has 0 spiro atoms. The molecular formula is C17H20BrFN4. The number of hydrogen-bond donors (Lipinski definition) is 2. The van der Waals surface area contributed by atoms with Gasteiger partial charge in [-0.15, -0.1) is 0 Å². The predicted molar refractivity (Wildman–Crippen MR) is 94.8 cm³/mol. The molecule has 1 aliphatic rings. The lowest BCUT2D eigenvalue weighted by atomic mass is 10.1. The predicted octanol–water partition coefficient (Wildman–Crippen LogP) is 5.21. The molecule has 1 saturated carbocycles. The molecule has 3 rings (SSSR count). The van der Waals surface area contributed by atoms with E-state index < -0.39 is 0 Å². The Morgan fingerprint density at radius 3 is 2.52 bits per heavy atom.